The fourth-order valence-corrected chi connectivity index (χ4v) is 4.85. The molecule has 0 radical (unpaired) electrons. The highest BCUT2D eigenvalue weighted by atomic mass is 16.5. The second-order valence-electron chi connectivity index (χ2n) is 11.2. The molecular formula is C33H39N3O4. The maximum absolute atomic E-state index is 12.8. The molecule has 0 spiro atoms. The fraction of sp³-hybridized carbons (Fsp3) is 0.364. The highest BCUT2D eigenvalue weighted by Crippen LogP contribution is 2.28. The van der Waals surface area contributed by atoms with Gasteiger partial charge in [0.15, 0.2) is 0 Å². The third kappa shape index (κ3) is 7.08. The Morgan fingerprint density at radius 1 is 0.950 bits per heavy atom. The molecule has 7 nitrogen and oxygen atoms in total. The second-order valence-corrected chi connectivity index (χ2v) is 11.2. The van der Waals surface area contributed by atoms with Crippen molar-refractivity contribution >= 4 is 5.97 Å². The van der Waals surface area contributed by atoms with Gasteiger partial charge in [0.2, 0.25) is 0 Å². The smallest absolute Gasteiger partial charge is 0.345 e. The van der Waals surface area contributed by atoms with E-state index in [1.165, 1.54) is 11.1 Å². The number of nitrogens with zero attached hydrogens (tertiary/aromatic N) is 3. The van der Waals surface area contributed by atoms with Crippen molar-refractivity contribution in [2.24, 2.45) is 7.05 Å². The van der Waals surface area contributed by atoms with Crippen LogP contribution in [0.25, 0.3) is 11.1 Å². The summed E-state index contributed by atoms with van der Waals surface area (Å²) in [6.07, 6.45) is 2.29. The summed E-state index contributed by atoms with van der Waals surface area (Å²) in [5, 5.41) is 14.0. The summed E-state index contributed by atoms with van der Waals surface area (Å²) < 4.78 is 8.81. The lowest BCUT2D eigenvalue weighted by Gasteiger charge is -2.19. The summed E-state index contributed by atoms with van der Waals surface area (Å²) in [6.45, 7) is 9.38. The van der Waals surface area contributed by atoms with E-state index in [2.05, 4.69) is 62.3 Å². The van der Waals surface area contributed by atoms with Crippen LogP contribution >= 0.6 is 0 Å². The predicted octanol–water partition coefficient (Wildman–Crippen LogP) is 5.80. The molecule has 4 rings (SSSR count). The van der Waals surface area contributed by atoms with Crippen LogP contribution in [0.2, 0.25) is 0 Å². The summed E-state index contributed by atoms with van der Waals surface area (Å²) in [6, 6.07) is 22.4. The van der Waals surface area contributed by atoms with Crippen LogP contribution in [0, 0.1) is 0 Å². The van der Waals surface area contributed by atoms with E-state index >= 15 is 0 Å². The Hall–Kier alpha value is -4.13. The van der Waals surface area contributed by atoms with Gasteiger partial charge in [-0.15, -0.1) is 0 Å². The van der Waals surface area contributed by atoms with E-state index < -0.39 is 5.97 Å². The fourth-order valence-electron chi connectivity index (χ4n) is 4.85. The van der Waals surface area contributed by atoms with Crippen molar-refractivity contribution in [3.63, 3.8) is 0 Å². The van der Waals surface area contributed by atoms with Crippen molar-refractivity contribution < 1.29 is 14.6 Å². The van der Waals surface area contributed by atoms with E-state index in [0.717, 1.165) is 35.4 Å². The van der Waals surface area contributed by atoms with Gasteiger partial charge in [0.25, 0.3) is 0 Å². The molecule has 0 aliphatic carbocycles. The zero-order valence-corrected chi connectivity index (χ0v) is 24.1. The first kappa shape index (κ1) is 28.9. The molecule has 0 saturated carbocycles. The molecule has 0 saturated heterocycles. The van der Waals surface area contributed by atoms with Gasteiger partial charge in [-0.05, 0) is 65.1 Å². The van der Waals surface area contributed by atoms with Crippen molar-refractivity contribution in [3.8, 4) is 16.9 Å². The highest BCUT2D eigenvalue weighted by Gasteiger charge is 2.15. The van der Waals surface area contributed by atoms with E-state index in [1.54, 1.807) is 16.3 Å². The van der Waals surface area contributed by atoms with Gasteiger partial charge >= 0.3 is 11.7 Å². The van der Waals surface area contributed by atoms with Gasteiger partial charge in [-0.1, -0.05) is 75.4 Å². The number of aryl methyl sites for hydroxylation is 2. The summed E-state index contributed by atoms with van der Waals surface area (Å²) in [5.41, 5.74) is 6.12. The first-order valence-electron chi connectivity index (χ1n) is 13.8. The number of aliphatic carboxylic acids is 1. The SMILES string of the molecule is CCOc1ccc(-c2cccc(CCCc3nn(Cc4ccc(C(C)(C)C)cc4)c(=O)n3C)c2)cc1CC(=O)O. The first-order chi connectivity index (χ1) is 19.0. The minimum atomic E-state index is -0.887. The van der Waals surface area contributed by atoms with E-state index in [4.69, 9.17) is 4.74 Å². The number of rotatable bonds is 11. The lowest BCUT2D eigenvalue weighted by molar-refractivity contribution is -0.136. The minimum absolute atomic E-state index is 0.0868. The third-order valence-electron chi connectivity index (χ3n) is 7.11. The number of hydrogen-bond acceptors (Lipinski definition) is 4. The molecule has 4 aromatic rings. The molecule has 0 bridgehead atoms. The Labute approximate surface area is 236 Å². The molecule has 7 heteroatoms. The van der Waals surface area contributed by atoms with Gasteiger partial charge in [-0.25, -0.2) is 9.48 Å². The Kier molecular flexibility index (Phi) is 8.93. The molecule has 0 fully saturated rings. The topological polar surface area (TPSA) is 86.4 Å². The van der Waals surface area contributed by atoms with Gasteiger partial charge in [0.1, 0.15) is 11.6 Å². The molecule has 0 aliphatic rings. The lowest BCUT2D eigenvalue weighted by Crippen LogP contribution is -2.24. The van der Waals surface area contributed by atoms with E-state index in [1.807, 2.05) is 37.3 Å². The van der Waals surface area contributed by atoms with Crippen LogP contribution in [0.15, 0.2) is 71.5 Å². The molecule has 0 amide bonds. The van der Waals surface area contributed by atoms with Gasteiger partial charge in [-0.3, -0.25) is 9.36 Å². The molecule has 1 aromatic heterocycles. The van der Waals surface area contributed by atoms with Crippen LogP contribution in [0.3, 0.4) is 0 Å². The highest BCUT2D eigenvalue weighted by molar-refractivity contribution is 5.74. The Balaban J connectivity index is 1.42. The normalized spacial score (nSPS) is 11.5. The maximum Gasteiger partial charge on any atom is 0.345 e. The molecule has 1 heterocycles. The Morgan fingerprint density at radius 2 is 1.68 bits per heavy atom. The predicted molar refractivity (Wildman–Crippen MR) is 158 cm³/mol. The standard InChI is InChI=1S/C33H39N3O4/c1-6-40-29-18-15-26(20-27(29)21-31(37)38)25-11-7-9-23(19-25)10-8-12-30-34-36(32(39)35(30)5)22-24-13-16-28(17-14-24)33(2,3)4/h7,9,11,13-20H,6,8,10,12,21-22H2,1-5H3,(H,37,38). The van der Waals surface area contributed by atoms with Crippen LogP contribution in [0.5, 0.6) is 5.75 Å². The molecular weight excluding hydrogens is 502 g/mol. The number of ether oxygens (including phenoxy) is 1. The lowest BCUT2D eigenvalue weighted by atomic mass is 9.87. The maximum atomic E-state index is 12.8. The molecule has 1 N–H and O–H groups in total. The minimum Gasteiger partial charge on any atom is -0.494 e. The van der Waals surface area contributed by atoms with Crippen LogP contribution in [0.4, 0.5) is 0 Å². The summed E-state index contributed by atoms with van der Waals surface area (Å²) in [5.74, 6) is 0.496. The molecule has 210 valence electrons. The molecule has 40 heavy (non-hydrogen) atoms. The number of aromatic nitrogens is 3. The van der Waals surface area contributed by atoms with Crippen LogP contribution in [0.1, 0.15) is 62.2 Å². The molecule has 0 aliphatic heterocycles. The Bertz CT molecular complexity index is 1520. The number of hydrogen-bond donors (Lipinski definition) is 1. The second kappa shape index (κ2) is 12.4. The van der Waals surface area contributed by atoms with Crippen LogP contribution in [-0.4, -0.2) is 32.0 Å². The van der Waals surface area contributed by atoms with Crippen molar-refractivity contribution in [1.82, 2.24) is 14.3 Å². The summed E-state index contributed by atoms with van der Waals surface area (Å²) >= 11 is 0. The van der Waals surface area contributed by atoms with E-state index in [9.17, 15) is 14.7 Å². The average molecular weight is 542 g/mol. The van der Waals surface area contributed by atoms with Crippen molar-refractivity contribution in [2.75, 3.05) is 6.61 Å². The number of benzene rings is 3. The van der Waals surface area contributed by atoms with Crippen molar-refractivity contribution in [1.29, 1.82) is 0 Å². The monoisotopic (exact) mass is 541 g/mol. The van der Waals surface area contributed by atoms with E-state index in [0.29, 0.717) is 30.9 Å². The zero-order valence-electron chi connectivity index (χ0n) is 24.1. The number of carboxylic acids is 1. The Morgan fingerprint density at radius 3 is 2.35 bits per heavy atom. The quantitative estimate of drug-likeness (QED) is 0.260. The van der Waals surface area contributed by atoms with Crippen LogP contribution < -0.4 is 10.4 Å². The van der Waals surface area contributed by atoms with Crippen LogP contribution in [-0.2, 0) is 43.1 Å². The van der Waals surface area contributed by atoms with Gasteiger partial charge in [0, 0.05) is 19.0 Å². The van der Waals surface area contributed by atoms with Gasteiger partial charge in [0.05, 0.1) is 19.6 Å². The zero-order chi connectivity index (χ0) is 28.9. The first-order valence-corrected chi connectivity index (χ1v) is 13.8. The summed E-state index contributed by atoms with van der Waals surface area (Å²) in [7, 11) is 1.78. The average Bonchev–Trinajstić information content (AvgIpc) is 3.17. The third-order valence-corrected chi connectivity index (χ3v) is 7.11. The van der Waals surface area contributed by atoms with Gasteiger partial charge in [-0.2, -0.15) is 5.10 Å². The number of carbonyl (C=O) groups is 1. The molecule has 0 unspecified atom stereocenters. The molecule has 0 atom stereocenters. The largest absolute Gasteiger partial charge is 0.494 e. The van der Waals surface area contributed by atoms with Crippen molar-refractivity contribution in [2.45, 2.75) is 65.3 Å². The molecule has 3 aromatic carbocycles. The summed E-state index contributed by atoms with van der Waals surface area (Å²) in [4.78, 5) is 24.2. The van der Waals surface area contributed by atoms with E-state index in [-0.39, 0.29) is 17.5 Å². The van der Waals surface area contributed by atoms with Gasteiger partial charge < -0.3 is 9.84 Å². The number of carboxylic acid groups (broad SMARTS) is 1. The van der Waals surface area contributed by atoms with Crippen molar-refractivity contribution in [3.05, 3.63) is 105 Å².